The van der Waals surface area contributed by atoms with Crippen LogP contribution in [0.25, 0.3) is 0 Å². The third kappa shape index (κ3) is 6.15. The smallest absolute Gasteiger partial charge is 0.147 e. The monoisotopic (exact) mass is 373 g/mol. The molecule has 0 bridgehead atoms. The van der Waals surface area contributed by atoms with E-state index in [-0.39, 0.29) is 5.92 Å². The highest BCUT2D eigenvalue weighted by molar-refractivity contribution is 7.90. The van der Waals surface area contributed by atoms with Crippen molar-refractivity contribution >= 4 is 9.84 Å². The van der Waals surface area contributed by atoms with Crippen LogP contribution in [0, 0.1) is 5.92 Å². The topological polar surface area (TPSA) is 46.6 Å². The highest BCUT2D eigenvalue weighted by atomic mass is 32.2. The van der Waals surface area contributed by atoms with Crippen LogP contribution in [0.5, 0.6) is 5.75 Å². The van der Waals surface area contributed by atoms with E-state index in [9.17, 15) is 8.42 Å². The molecule has 4 nitrogen and oxygen atoms in total. The first kappa shape index (κ1) is 18.9. The van der Waals surface area contributed by atoms with Crippen LogP contribution >= 0.6 is 0 Å². The normalized spacial score (nSPS) is 18.6. The van der Waals surface area contributed by atoms with Crippen LogP contribution in [0.1, 0.15) is 24.0 Å². The zero-order valence-electron chi connectivity index (χ0n) is 15.3. The van der Waals surface area contributed by atoms with Gasteiger partial charge in [-0.15, -0.1) is 0 Å². The molecule has 26 heavy (non-hydrogen) atoms. The van der Waals surface area contributed by atoms with Gasteiger partial charge in [-0.25, -0.2) is 8.42 Å². The SMILES string of the molecule is CS(=O)(=O)C[C@H]1CCCN(Cc2ccc(OCc3ccccc3)cc2)C1. The first-order chi connectivity index (χ1) is 12.5. The molecule has 0 amide bonds. The summed E-state index contributed by atoms with van der Waals surface area (Å²) >= 11 is 0. The summed E-state index contributed by atoms with van der Waals surface area (Å²) in [7, 11) is -2.90. The third-order valence-electron chi connectivity index (χ3n) is 4.72. The molecule has 0 spiro atoms. The quantitative estimate of drug-likeness (QED) is 0.745. The summed E-state index contributed by atoms with van der Waals surface area (Å²) in [5.41, 5.74) is 2.39. The van der Waals surface area contributed by atoms with E-state index >= 15 is 0 Å². The molecule has 0 aromatic heterocycles. The van der Waals surface area contributed by atoms with Crippen LogP contribution in [-0.2, 0) is 23.0 Å². The minimum Gasteiger partial charge on any atom is -0.489 e. The Morgan fingerprint density at radius 2 is 1.77 bits per heavy atom. The number of rotatable bonds is 7. The molecule has 1 heterocycles. The van der Waals surface area contributed by atoms with E-state index in [4.69, 9.17) is 4.74 Å². The van der Waals surface area contributed by atoms with Crippen molar-refractivity contribution in [3.8, 4) is 5.75 Å². The Hall–Kier alpha value is -1.85. The summed E-state index contributed by atoms with van der Waals surface area (Å²) < 4.78 is 28.9. The Bertz CT molecular complexity index is 788. The van der Waals surface area contributed by atoms with Crippen molar-refractivity contribution in [3.05, 3.63) is 65.7 Å². The first-order valence-electron chi connectivity index (χ1n) is 9.14. The van der Waals surface area contributed by atoms with Crippen LogP contribution in [0.4, 0.5) is 0 Å². The number of benzene rings is 2. The number of piperidine rings is 1. The van der Waals surface area contributed by atoms with Gasteiger partial charge in [0, 0.05) is 19.3 Å². The molecule has 1 atom stereocenters. The van der Waals surface area contributed by atoms with E-state index in [1.54, 1.807) is 0 Å². The minimum absolute atomic E-state index is 0.257. The lowest BCUT2D eigenvalue weighted by atomic mass is 9.99. The van der Waals surface area contributed by atoms with Gasteiger partial charge in [-0.2, -0.15) is 0 Å². The van der Waals surface area contributed by atoms with E-state index in [2.05, 4.69) is 29.2 Å². The van der Waals surface area contributed by atoms with Gasteiger partial charge in [0.25, 0.3) is 0 Å². The Morgan fingerprint density at radius 3 is 2.46 bits per heavy atom. The van der Waals surface area contributed by atoms with Gasteiger partial charge < -0.3 is 4.74 Å². The predicted octanol–water partition coefficient (Wildman–Crippen LogP) is 3.52. The highest BCUT2D eigenvalue weighted by Crippen LogP contribution is 2.21. The molecule has 2 aromatic rings. The molecule has 1 fully saturated rings. The summed E-state index contributed by atoms with van der Waals surface area (Å²) in [6.45, 7) is 3.32. The van der Waals surface area contributed by atoms with Gasteiger partial charge in [-0.3, -0.25) is 4.90 Å². The van der Waals surface area contributed by atoms with Crippen LogP contribution in [0.2, 0.25) is 0 Å². The lowest BCUT2D eigenvalue weighted by Crippen LogP contribution is -2.37. The Morgan fingerprint density at radius 1 is 1.04 bits per heavy atom. The fourth-order valence-electron chi connectivity index (χ4n) is 3.55. The van der Waals surface area contributed by atoms with Crippen LogP contribution in [0.15, 0.2) is 54.6 Å². The van der Waals surface area contributed by atoms with Gasteiger partial charge in [0.1, 0.15) is 22.2 Å². The molecule has 1 saturated heterocycles. The maximum atomic E-state index is 11.5. The van der Waals surface area contributed by atoms with Gasteiger partial charge >= 0.3 is 0 Å². The zero-order valence-corrected chi connectivity index (χ0v) is 16.1. The number of likely N-dealkylation sites (tertiary alicyclic amines) is 1. The van der Waals surface area contributed by atoms with Crippen LogP contribution in [-0.4, -0.2) is 38.4 Å². The van der Waals surface area contributed by atoms with Crippen LogP contribution in [0.3, 0.4) is 0 Å². The summed E-state index contributed by atoms with van der Waals surface area (Å²) in [4.78, 5) is 2.36. The van der Waals surface area contributed by atoms with Gasteiger partial charge in [-0.1, -0.05) is 42.5 Å². The lowest BCUT2D eigenvalue weighted by Gasteiger charge is -2.32. The van der Waals surface area contributed by atoms with E-state index in [1.165, 1.54) is 11.8 Å². The second-order valence-corrected chi connectivity index (χ2v) is 9.44. The molecule has 0 aliphatic carbocycles. The Balaban J connectivity index is 1.50. The van der Waals surface area contributed by atoms with Crippen molar-refractivity contribution in [1.29, 1.82) is 0 Å². The summed E-state index contributed by atoms with van der Waals surface area (Å²) in [5, 5.41) is 0. The van der Waals surface area contributed by atoms with Crippen LogP contribution < -0.4 is 4.74 Å². The largest absolute Gasteiger partial charge is 0.489 e. The zero-order chi connectivity index (χ0) is 18.4. The summed E-state index contributed by atoms with van der Waals surface area (Å²) in [6.07, 6.45) is 3.41. The molecule has 0 N–H and O–H groups in total. The van der Waals surface area contributed by atoms with Crippen molar-refractivity contribution < 1.29 is 13.2 Å². The number of ether oxygens (including phenoxy) is 1. The van der Waals surface area contributed by atoms with Gasteiger partial charge in [0.2, 0.25) is 0 Å². The first-order valence-corrected chi connectivity index (χ1v) is 11.2. The van der Waals surface area contributed by atoms with E-state index in [0.29, 0.717) is 12.4 Å². The average Bonchev–Trinajstić information content (AvgIpc) is 2.61. The number of nitrogens with zero attached hydrogens (tertiary/aromatic N) is 1. The highest BCUT2D eigenvalue weighted by Gasteiger charge is 2.23. The maximum Gasteiger partial charge on any atom is 0.147 e. The summed E-state index contributed by atoms with van der Waals surface area (Å²) in [5.74, 6) is 1.42. The molecule has 140 valence electrons. The number of hydrogen-bond acceptors (Lipinski definition) is 4. The van der Waals surface area contributed by atoms with Crippen molar-refractivity contribution in [2.24, 2.45) is 5.92 Å². The van der Waals surface area contributed by atoms with E-state index in [1.807, 2.05) is 30.3 Å². The molecule has 1 aliphatic heterocycles. The van der Waals surface area contributed by atoms with Gasteiger partial charge in [0.15, 0.2) is 0 Å². The molecule has 0 unspecified atom stereocenters. The molecular formula is C21H27NO3S. The van der Waals surface area contributed by atoms with Gasteiger partial charge in [0.05, 0.1) is 5.75 Å². The van der Waals surface area contributed by atoms with Crippen molar-refractivity contribution in [2.75, 3.05) is 25.1 Å². The molecule has 5 heteroatoms. The number of hydrogen-bond donors (Lipinski definition) is 0. The number of sulfone groups is 1. The third-order valence-corrected chi connectivity index (χ3v) is 5.80. The maximum absolute atomic E-state index is 11.5. The lowest BCUT2D eigenvalue weighted by molar-refractivity contribution is 0.178. The van der Waals surface area contributed by atoms with Crippen molar-refractivity contribution in [1.82, 2.24) is 4.90 Å². The molecule has 2 aromatic carbocycles. The average molecular weight is 374 g/mol. The minimum atomic E-state index is -2.90. The molecule has 0 saturated carbocycles. The Kier molecular flexibility index (Phi) is 6.33. The predicted molar refractivity (Wildman–Crippen MR) is 105 cm³/mol. The molecule has 0 radical (unpaired) electrons. The molecule has 3 rings (SSSR count). The van der Waals surface area contributed by atoms with Crippen molar-refractivity contribution in [3.63, 3.8) is 0 Å². The molecule has 1 aliphatic rings. The molecular weight excluding hydrogens is 346 g/mol. The van der Waals surface area contributed by atoms with Gasteiger partial charge in [-0.05, 0) is 48.6 Å². The standard InChI is InChI=1S/C21H27NO3S/c1-26(23,24)17-20-8-5-13-22(15-20)14-18-9-11-21(12-10-18)25-16-19-6-3-2-4-7-19/h2-4,6-7,9-12,20H,5,8,13-17H2,1H3/t20-/m0/s1. The fourth-order valence-corrected chi connectivity index (χ4v) is 4.68. The van der Waals surface area contributed by atoms with E-state index in [0.717, 1.165) is 43.8 Å². The Labute approximate surface area is 156 Å². The van der Waals surface area contributed by atoms with Crippen molar-refractivity contribution in [2.45, 2.75) is 26.0 Å². The summed E-state index contributed by atoms with van der Waals surface area (Å²) in [6, 6.07) is 18.3. The van der Waals surface area contributed by atoms with E-state index < -0.39 is 9.84 Å². The fraction of sp³-hybridized carbons (Fsp3) is 0.429. The second-order valence-electron chi connectivity index (χ2n) is 7.25. The second kappa shape index (κ2) is 8.69.